The second kappa shape index (κ2) is 13.8. The van der Waals surface area contributed by atoms with E-state index in [0.29, 0.717) is 12.1 Å². The largest absolute Gasteiger partial charge is 0.374 e. The van der Waals surface area contributed by atoms with Gasteiger partial charge >= 0.3 is 0 Å². The zero-order chi connectivity index (χ0) is 21.9. The molecule has 0 spiro atoms. The Morgan fingerprint density at radius 2 is 1.77 bits per heavy atom. The van der Waals surface area contributed by atoms with E-state index >= 15 is 0 Å². The zero-order valence-electron chi connectivity index (χ0n) is 18.7. The molecule has 0 saturated carbocycles. The Morgan fingerprint density at radius 3 is 2.39 bits per heavy atom. The molecule has 0 fully saturated rings. The first-order valence-corrected chi connectivity index (χ1v) is 10.2. The lowest BCUT2D eigenvalue weighted by Crippen LogP contribution is -2.38. The molecule has 0 atom stereocenters. The van der Waals surface area contributed by atoms with Gasteiger partial charge in [0.2, 0.25) is 0 Å². The van der Waals surface area contributed by atoms with E-state index in [1.54, 1.807) is 25.1 Å². The van der Waals surface area contributed by atoms with Gasteiger partial charge in [-0.25, -0.2) is 9.38 Å². The van der Waals surface area contributed by atoms with Crippen molar-refractivity contribution in [2.45, 2.75) is 19.9 Å². The minimum absolute atomic E-state index is 0. The molecule has 2 rings (SSSR count). The maximum absolute atomic E-state index is 13.3. The summed E-state index contributed by atoms with van der Waals surface area (Å²) in [6, 6.07) is 14.1. The van der Waals surface area contributed by atoms with Crippen molar-refractivity contribution in [2.75, 3.05) is 45.7 Å². The Balaban J connectivity index is 0.00000480. The van der Waals surface area contributed by atoms with E-state index in [1.807, 2.05) is 49.2 Å². The van der Waals surface area contributed by atoms with E-state index in [2.05, 4.69) is 15.6 Å². The molecular weight excluding hydrogens is 508 g/mol. The maximum atomic E-state index is 13.3. The van der Waals surface area contributed by atoms with Gasteiger partial charge in [0.05, 0.1) is 6.54 Å². The normalized spacial score (nSPS) is 10.8. The van der Waals surface area contributed by atoms with Gasteiger partial charge in [0.25, 0.3) is 5.91 Å². The lowest BCUT2D eigenvalue weighted by molar-refractivity contribution is 0.0827. The van der Waals surface area contributed by atoms with Crippen LogP contribution in [-0.2, 0) is 6.54 Å². The molecule has 8 heteroatoms. The van der Waals surface area contributed by atoms with Crippen LogP contribution in [0.2, 0.25) is 0 Å². The Bertz CT molecular complexity index is 842. The van der Waals surface area contributed by atoms with Crippen molar-refractivity contribution in [3.05, 3.63) is 65.5 Å². The third-order valence-corrected chi connectivity index (χ3v) is 4.58. The first-order valence-electron chi connectivity index (χ1n) is 10.2. The molecule has 0 heterocycles. The van der Waals surface area contributed by atoms with Gasteiger partial charge in [0.15, 0.2) is 5.96 Å². The van der Waals surface area contributed by atoms with Gasteiger partial charge in [-0.3, -0.25) is 4.79 Å². The molecule has 0 aliphatic carbocycles. The van der Waals surface area contributed by atoms with E-state index in [-0.39, 0.29) is 35.7 Å². The highest BCUT2D eigenvalue weighted by Gasteiger charge is 2.07. The fourth-order valence-corrected chi connectivity index (χ4v) is 2.89. The Labute approximate surface area is 201 Å². The average Bonchev–Trinajstić information content (AvgIpc) is 2.74. The van der Waals surface area contributed by atoms with Crippen molar-refractivity contribution in [3.8, 4) is 0 Å². The van der Waals surface area contributed by atoms with Crippen LogP contribution in [0.4, 0.5) is 10.1 Å². The van der Waals surface area contributed by atoms with E-state index in [4.69, 9.17) is 0 Å². The number of aliphatic imine (C=N–C) groups is 1. The van der Waals surface area contributed by atoms with Crippen molar-refractivity contribution in [3.63, 3.8) is 0 Å². The molecule has 2 aromatic carbocycles. The second-order valence-electron chi connectivity index (χ2n) is 7.27. The van der Waals surface area contributed by atoms with Gasteiger partial charge in [-0.05, 0) is 49.2 Å². The van der Waals surface area contributed by atoms with E-state index in [9.17, 15) is 9.18 Å². The summed E-state index contributed by atoms with van der Waals surface area (Å²) in [5, 5.41) is 6.57. The molecule has 6 nitrogen and oxygen atoms in total. The van der Waals surface area contributed by atoms with Gasteiger partial charge < -0.3 is 20.4 Å². The molecule has 2 N–H and O–H groups in total. The van der Waals surface area contributed by atoms with E-state index < -0.39 is 0 Å². The predicted molar refractivity (Wildman–Crippen MR) is 137 cm³/mol. The van der Waals surface area contributed by atoms with Gasteiger partial charge in [0, 0.05) is 52.0 Å². The van der Waals surface area contributed by atoms with Gasteiger partial charge in [-0.1, -0.05) is 18.2 Å². The van der Waals surface area contributed by atoms with Crippen LogP contribution in [0.25, 0.3) is 0 Å². The fraction of sp³-hybridized carbons (Fsp3) is 0.391. The highest BCUT2D eigenvalue weighted by Crippen LogP contribution is 2.13. The van der Waals surface area contributed by atoms with Crippen LogP contribution in [0.5, 0.6) is 0 Å². The summed E-state index contributed by atoms with van der Waals surface area (Å²) in [5.41, 5.74) is 2.57. The number of guanidine groups is 1. The quantitative estimate of drug-likeness (QED) is 0.220. The molecule has 170 valence electrons. The standard InChI is InChI=1S/C23H32FN5O.HI/c1-5-25-23(26-14-7-15-29(4)21-9-6-8-20(24)16-21)27-17-18-10-12-19(13-11-18)22(30)28(2)3;/h6,8-13,16H,5,7,14-15,17H2,1-4H3,(H2,25,26,27);1H. The van der Waals surface area contributed by atoms with Gasteiger partial charge in [-0.2, -0.15) is 0 Å². The number of anilines is 1. The summed E-state index contributed by atoms with van der Waals surface area (Å²) in [5.74, 6) is 0.515. The molecule has 0 aliphatic heterocycles. The molecule has 0 saturated heterocycles. The molecule has 31 heavy (non-hydrogen) atoms. The topological polar surface area (TPSA) is 60.0 Å². The number of hydrogen-bond acceptors (Lipinski definition) is 3. The Morgan fingerprint density at radius 1 is 1.06 bits per heavy atom. The molecule has 2 aromatic rings. The van der Waals surface area contributed by atoms with E-state index in [1.165, 1.54) is 12.1 Å². The smallest absolute Gasteiger partial charge is 0.253 e. The number of amides is 1. The Hall–Kier alpha value is -2.36. The number of carbonyl (C=O) groups is 1. The summed E-state index contributed by atoms with van der Waals surface area (Å²) in [7, 11) is 5.44. The molecule has 0 unspecified atom stereocenters. The highest BCUT2D eigenvalue weighted by molar-refractivity contribution is 14.0. The molecular formula is C23H33FIN5O. The number of carbonyl (C=O) groups excluding carboxylic acids is 1. The van der Waals surface area contributed by atoms with Crippen LogP contribution in [-0.4, -0.2) is 57.5 Å². The number of halogens is 2. The van der Waals surface area contributed by atoms with Crippen molar-refractivity contribution in [1.29, 1.82) is 0 Å². The lowest BCUT2D eigenvalue weighted by Gasteiger charge is -2.20. The van der Waals surface area contributed by atoms with Crippen LogP contribution in [0.1, 0.15) is 29.3 Å². The summed E-state index contributed by atoms with van der Waals surface area (Å²) in [6.45, 7) is 4.87. The number of nitrogens with zero attached hydrogens (tertiary/aromatic N) is 3. The molecule has 0 aliphatic rings. The summed E-state index contributed by atoms with van der Waals surface area (Å²) >= 11 is 0. The summed E-state index contributed by atoms with van der Waals surface area (Å²) < 4.78 is 13.3. The summed E-state index contributed by atoms with van der Waals surface area (Å²) in [4.78, 5) is 20.2. The molecule has 0 radical (unpaired) electrons. The number of benzene rings is 2. The van der Waals surface area contributed by atoms with Crippen LogP contribution in [0.3, 0.4) is 0 Å². The van der Waals surface area contributed by atoms with Crippen LogP contribution >= 0.6 is 24.0 Å². The van der Waals surface area contributed by atoms with Crippen molar-refractivity contribution in [2.24, 2.45) is 4.99 Å². The SMILES string of the molecule is CCNC(=NCc1ccc(C(=O)N(C)C)cc1)NCCCN(C)c1cccc(F)c1.I. The lowest BCUT2D eigenvalue weighted by atomic mass is 10.1. The highest BCUT2D eigenvalue weighted by atomic mass is 127. The van der Waals surface area contributed by atoms with Gasteiger partial charge in [-0.15, -0.1) is 24.0 Å². The Kier molecular flexibility index (Phi) is 11.9. The van der Waals surface area contributed by atoms with Gasteiger partial charge in [0.1, 0.15) is 5.82 Å². The zero-order valence-corrected chi connectivity index (χ0v) is 21.0. The number of hydrogen-bond donors (Lipinski definition) is 2. The molecule has 0 aromatic heterocycles. The monoisotopic (exact) mass is 541 g/mol. The predicted octanol–water partition coefficient (Wildman–Crippen LogP) is 3.73. The fourth-order valence-electron chi connectivity index (χ4n) is 2.89. The summed E-state index contributed by atoms with van der Waals surface area (Å²) in [6.07, 6.45) is 0.888. The van der Waals surface area contributed by atoms with E-state index in [0.717, 1.165) is 43.3 Å². The second-order valence-corrected chi connectivity index (χ2v) is 7.27. The van der Waals surface area contributed by atoms with Crippen molar-refractivity contribution < 1.29 is 9.18 Å². The minimum atomic E-state index is -0.224. The third-order valence-electron chi connectivity index (χ3n) is 4.58. The third kappa shape index (κ3) is 9.12. The van der Waals surface area contributed by atoms with Crippen LogP contribution in [0, 0.1) is 5.82 Å². The van der Waals surface area contributed by atoms with Crippen LogP contribution < -0.4 is 15.5 Å². The molecule has 1 amide bonds. The van der Waals surface area contributed by atoms with Crippen LogP contribution in [0.15, 0.2) is 53.5 Å². The number of rotatable bonds is 9. The van der Waals surface area contributed by atoms with Crippen molar-refractivity contribution in [1.82, 2.24) is 15.5 Å². The average molecular weight is 541 g/mol. The first kappa shape index (κ1) is 26.7. The maximum Gasteiger partial charge on any atom is 0.253 e. The molecule has 0 bridgehead atoms. The first-order chi connectivity index (χ1) is 14.4. The number of nitrogens with one attached hydrogen (secondary N) is 2. The minimum Gasteiger partial charge on any atom is -0.374 e. The van der Waals surface area contributed by atoms with Crippen molar-refractivity contribution >= 4 is 41.5 Å².